The zero-order chi connectivity index (χ0) is 19.4. The molecule has 7 heteroatoms. The van der Waals surface area contributed by atoms with Crippen LogP contribution >= 0.6 is 0 Å². The van der Waals surface area contributed by atoms with Gasteiger partial charge in [-0.3, -0.25) is 10.1 Å². The van der Waals surface area contributed by atoms with Crippen molar-refractivity contribution in [2.75, 3.05) is 6.61 Å². The molecule has 0 amide bonds. The first-order valence-electron chi connectivity index (χ1n) is 8.38. The second-order valence-corrected chi connectivity index (χ2v) is 5.72. The second-order valence-electron chi connectivity index (χ2n) is 5.72. The number of para-hydroxylation sites is 1. The Bertz CT molecular complexity index is 1000. The topological polar surface area (TPSA) is 95.2 Å². The number of rotatable bonds is 5. The minimum absolute atomic E-state index is 0.130. The molecule has 3 aromatic rings. The summed E-state index contributed by atoms with van der Waals surface area (Å²) in [5.41, 5.74) is 1.57. The fraction of sp³-hybridized carbons (Fsp3) is 0.150. The molecule has 27 heavy (non-hydrogen) atoms. The summed E-state index contributed by atoms with van der Waals surface area (Å²) in [5, 5.41) is 11.5. The zero-order valence-electron chi connectivity index (χ0n) is 14.9. The second kappa shape index (κ2) is 7.74. The van der Waals surface area contributed by atoms with Crippen LogP contribution in [0.5, 0.6) is 0 Å². The summed E-state index contributed by atoms with van der Waals surface area (Å²) in [6.45, 7) is 3.53. The summed E-state index contributed by atoms with van der Waals surface area (Å²) >= 11 is 0. The van der Waals surface area contributed by atoms with E-state index in [4.69, 9.17) is 4.74 Å². The Morgan fingerprint density at radius 3 is 2.41 bits per heavy atom. The predicted octanol–water partition coefficient (Wildman–Crippen LogP) is 4.20. The van der Waals surface area contributed by atoms with Crippen molar-refractivity contribution in [2.24, 2.45) is 0 Å². The van der Waals surface area contributed by atoms with Crippen molar-refractivity contribution in [2.45, 2.75) is 13.8 Å². The maximum Gasteiger partial charge on any atom is 0.342 e. The third kappa shape index (κ3) is 3.67. The van der Waals surface area contributed by atoms with Gasteiger partial charge in [0.25, 0.3) is 5.69 Å². The molecular formula is C20H17N3O4. The Morgan fingerprint density at radius 2 is 1.74 bits per heavy atom. The zero-order valence-corrected chi connectivity index (χ0v) is 14.9. The van der Waals surface area contributed by atoms with E-state index in [1.165, 1.54) is 6.07 Å². The predicted molar refractivity (Wildman–Crippen MR) is 100 cm³/mol. The molecule has 3 rings (SSSR count). The number of nitro groups is 1. The minimum atomic E-state index is -0.609. The number of carbonyl (C=O) groups excluding carboxylic acids is 1. The summed E-state index contributed by atoms with van der Waals surface area (Å²) in [5.74, 6) is -0.225. The van der Waals surface area contributed by atoms with Crippen LogP contribution in [0.3, 0.4) is 0 Å². The highest BCUT2D eigenvalue weighted by molar-refractivity contribution is 5.98. The van der Waals surface area contributed by atoms with Crippen LogP contribution in [0, 0.1) is 17.0 Å². The van der Waals surface area contributed by atoms with Crippen molar-refractivity contribution >= 4 is 11.7 Å². The number of aromatic nitrogens is 2. The van der Waals surface area contributed by atoms with E-state index in [0.717, 1.165) is 5.56 Å². The molecule has 0 aliphatic heterocycles. The van der Waals surface area contributed by atoms with E-state index >= 15 is 0 Å². The molecule has 0 aliphatic rings. The van der Waals surface area contributed by atoms with Crippen molar-refractivity contribution in [3.8, 4) is 22.6 Å². The number of nitro benzene ring substituents is 1. The van der Waals surface area contributed by atoms with Gasteiger partial charge in [-0.2, -0.15) is 0 Å². The highest BCUT2D eigenvalue weighted by Gasteiger charge is 2.26. The van der Waals surface area contributed by atoms with Crippen LogP contribution in [-0.2, 0) is 4.74 Å². The quantitative estimate of drug-likeness (QED) is 0.383. The molecular weight excluding hydrogens is 346 g/mol. The van der Waals surface area contributed by atoms with E-state index in [1.54, 1.807) is 32.0 Å². The lowest BCUT2D eigenvalue weighted by molar-refractivity contribution is -0.384. The van der Waals surface area contributed by atoms with Crippen molar-refractivity contribution in [3.05, 3.63) is 76.0 Å². The fourth-order valence-electron chi connectivity index (χ4n) is 2.76. The van der Waals surface area contributed by atoms with E-state index in [0.29, 0.717) is 11.5 Å². The van der Waals surface area contributed by atoms with E-state index in [9.17, 15) is 14.9 Å². The van der Waals surface area contributed by atoms with Crippen LogP contribution in [0.1, 0.15) is 23.0 Å². The van der Waals surface area contributed by atoms with E-state index < -0.39 is 10.9 Å². The average molecular weight is 363 g/mol. The van der Waals surface area contributed by atoms with Gasteiger partial charge >= 0.3 is 5.97 Å². The standard InChI is InChI=1S/C20H17N3O4/c1-3-27-20(24)17-13(2)21-19(14-9-5-4-6-10-14)22-18(17)15-11-7-8-12-16(15)23(25)26/h4-12H,3H2,1-2H3. The number of ether oxygens (including phenoxy) is 1. The number of esters is 1. The molecule has 136 valence electrons. The lowest BCUT2D eigenvalue weighted by atomic mass is 10.0. The van der Waals surface area contributed by atoms with Crippen LogP contribution in [0.15, 0.2) is 54.6 Å². The van der Waals surface area contributed by atoms with Gasteiger partial charge in [-0.05, 0) is 19.9 Å². The molecule has 1 aromatic heterocycles. The monoisotopic (exact) mass is 363 g/mol. The normalized spacial score (nSPS) is 10.4. The molecule has 7 nitrogen and oxygen atoms in total. The maximum atomic E-state index is 12.5. The molecule has 0 unspecified atom stereocenters. The SMILES string of the molecule is CCOC(=O)c1c(C)nc(-c2ccccc2)nc1-c1ccccc1[N+](=O)[O-]. The molecule has 0 saturated carbocycles. The van der Waals surface area contributed by atoms with Crippen molar-refractivity contribution in [3.63, 3.8) is 0 Å². The van der Waals surface area contributed by atoms with Crippen LogP contribution in [0.4, 0.5) is 5.69 Å². The number of benzene rings is 2. The summed E-state index contributed by atoms with van der Waals surface area (Å²) in [6, 6.07) is 15.4. The summed E-state index contributed by atoms with van der Waals surface area (Å²) in [4.78, 5) is 32.4. The Kier molecular flexibility index (Phi) is 5.21. The molecule has 1 heterocycles. The van der Waals surface area contributed by atoms with Crippen LogP contribution in [0.2, 0.25) is 0 Å². The summed E-state index contributed by atoms with van der Waals surface area (Å²) < 4.78 is 5.13. The summed E-state index contributed by atoms with van der Waals surface area (Å²) in [7, 11) is 0. The minimum Gasteiger partial charge on any atom is -0.462 e. The van der Waals surface area contributed by atoms with E-state index in [1.807, 2.05) is 30.3 Å². The number of hydrogen-bond donors (Lipinski definition) is 0. The molecule has 0 atom stereocenters. The van der Waals surface area contributed by atoms with Gasteiger partial charge in [-0.1, -0.05) is 42.5 Å². The van der Waals surface area contributed by atoms with Crippen molar-refractivity contribution in [1.29, 1.82) is 0 Å². The van der Waals surface area contributed by atoms with Crippen molar-refractivity contribution < 1.29 is 14.5 Å². The van der Waals surface area contributed by atoms with Crippen LogP contribution < -0.4 is 0 Å². The average Bonchev–Trinajstić information content (AvgIpc) is 2.68. The molecule has 0 fully saturated rings. The first-order chi connectivity index (χ1) is 13.0. The maximum absolute atomic E-state index is 12.5. The lowest BCUT2D eigenvalue weighted by Crippen LogP contribution is -2.13. The van der Waals surface area contributed by atoms with Gasteiger partial charge in [-0.15, -0.1) is 0 Å². The first-order valence-corrected chi connectivity index (χ1v) is 8.38. The Labute approximate surface area is 155 Å². The highest BCUT2D eigenvalue weighted by atomic mass is 16.6. The number of carbonyl (C=O) groups is 1. The van der Waals surface area contributed by atoms with Crippen LogP contribution in [0.25, 0.3) is 22.6 Å². The number of hydrogen-bond acceptors (Lipinski definition) is 6. The van der Waals surface area contributed by atoms with E-state index in [-0.39, 0.29) is 29.1 Å². The molecule has 0 bridgehead atoms. The van der Waals surface area contributed by atoms with Gasteiger partial charge in [0, 0.05) is 11.6 Å². The van der Waals surface area contributed by atoms with Gasteiger partial charge in [0.1, 0.15) is 5.56 Å². The van der Waals surface area contributed by atoms with Gasteiger partial charge in [-0.25, -0.2) is 14.8 Å². The van der Waals surface area contributed by atoms with Crippen molar-refractivity contribution in [1.82, 2.24) is 9.97 Å². The molecule has 0 saturated heterocycles. The molecule has 0 spiro atoms. The molecule has 2 aromatic carbocycles. The van der Waals surface area contributed by atoms with Gasteiger partial charge < -0.3 is 4.74 Å². The largest absolute Gasteiger partial charge is 0.462 e. The van der Waals surface area contributed by atoms with Gasteiger partial charge in [0.15, 0.2) is 5.82 Å². The fourth-order valence-corrected chi connectivity index (χ4v) is 2.76. The van der Waals surface area contributed by atoms with E-state index in [2.05, 4.69) is 9.97 Å². The Hall–Kier alpha value is -3.61. The highest BCUT2D eigenvalue weighted by Crippen LogP contribution is 2.33. The third-order valence-electron chi connectivity index (χ3n) is 3.96. The molecule has 0 N–H and O–H groups in total. The van der Waals surface area contributed by atoms with Crippen LogP contribution in [-0.4, -0.2) is 27.5 Å². The lowest BCUT2D eigenvalue weighted by Gasteiger charge is -2.13. The third-order valence-corrected chi connectivity index (χ3v) is 3.96. The first kappa shape index (κ1) is 18.2. The summed E-state index contributed by atoms with van der Waals surface area (Å²) in [6.07, 6.45) is 0. The number of nitrogens with zero attached hydrogens (tertiary/aromatic N) is 3. The smallest absolute Gasteiger partial charge is 0.342 e. The Morgan fingerprint density at radius 1 is 1.07 bits per heavy atom. The Balaban J connectivity index is 2.31. The number of aryl methyl sites for hydroxylation is 1. The van der Waals surface area contributed by atoms with Gasteiger partial charge in [0.2, 0.25) is 0 Å². The molecule has 0 radical (unpaired) electrons. The van der Waals surface area contributed by atoms with Gasteiger partial charge in [0.05, 0.1) is 28.5 Å². The molecule has 0 aliphatic carbocycles.